The van der Waals surface area contributed by atoms with E-state index in [1.54, 1.807) is 39.0 Å². The van der Waals surface area contributed by atoms with Crippen LogP contribution in [0.15, 0.2) is 27.6 Å². The number of nitrogens with one attached hydrogen (secondary N) is 1. The van der Waals surface area contributed by atoms with Crippen LogP contribution in [0.3, 0.4) is 0 Å². The van der Waals surface area contributed by atoms with Gasteiger partial charge in [-0.3, -0.25) is 4.79 Å². The van der Waals surface area contributed by atoms with Crippen LogP contribution in [0.4, 0.5) is 0 Å². The molecule has 1 amide bonds. The molecule has 0 aliphatic heterocycles. The zero-order valence-electron chi connectivity index (χ0n) is 11.8. The van der Waals surface area contributed by atoms with E-state index in [0.717, 1.165) is 0 Å². The van der Waals surface area contributed by atoms with E-state index in [2.05, 4.69) is 21.2 Å². The zero-order valence-corrected chi connectivity index (χ0v) is 14.2. The van der Waals surface area contributed by atoms with Gasteiger partial charge in [-0.25, -0.2) is 8.42 Å². The van der Waals surface area contributed by atoms with Gasteiger partial charge in [0, 0.05) is 17.6 Å². The molecule has 0 unspecified atom stereocenters. The van der Waals surface area contributed by atoms with E-state index in [4.69, 9.17) is 0 Å². The van der Waals surface area contributed by atoms with Crippen LogP contribution in [-0.2, 0) is 14.8 Å². The maximum absolute atomic E-state index is 12.6. The fourth-order valence-electron chi connectivity index (χ4n) is 1.77. The summed E-state index contributed by atoms with van der Waals surface area (Å²) < 4.78 is 27.1. The third-order valence-electron chi connectivity index (χ3n) is 2.81. The number of hydrogen-bond acceptors (Lipinski definition) is 3. The highest BCUT2D eigenvalue weighted by atomic mass is 79.9. The number of hydrogen-bond donors (Lipinski definition) is 1. The number of aryl methyl sites for hydroxylation is 1. The Morgan fingerprint density at radius 3 is 2.55 bits per heavy atom. The van der Waals surface area contributed by atoms with Gasteiger partial charge in [0.05, 0.1) is 11.4 Å². The van der Waals surface area contributed by atoms with Crippen molar-refractivity contribution in [3.63, 3.8) is 0 Å². The first-order valence-electron chi connectivity index (χ1n) is 6.35. The van der Waals surface area contributed by atoms with Gasteiger partial charge in [-0.15, -0.1) is 0 Å². The molecule has 0 saturated heterocycles. The molecular weight excluding hydrogens is 344 g/mol. The molecule has 1 aromatic carbocycles. The molecule has 1 aromatic rings. The minimum atomic E-state index is -3.68. The number of likely N-dealkylation sites (N-methyl/N-ethyl adjacent to an activating group) is 2. The minimum absolute atomic E-state index is 0.168. The Balaban J connectivity index is 3.12. The average Bonchev–Trinajstić information content (AvgIpc) is 2.38. The lowest BCUT2D eigenvalue weighted by Gasteiger charge is -2.21. The highest BCUT2D eigenvalue weighted by Crippen LogP contribution is 2.23. The smallest absolute Gasteiger partial charge is 0.243 e. The van der Waals surface area contributed by atoms with E-state index < -0.39 is 10.0 Å². The summed E-state index contributed by atoms with van der Waals surface area (Å²) in [5.41, 5.74) is 0.655. The average molecular weight is 363 g/mol. The number of halogens is 1. The normalized spacial score (nSPS) is 11.7. The fraction of sp³-hybridized carbons (Fsp3) is 0.462. The van der Waals surface area contributed by atoms with Crippen LogP contribution in [0.1, 0.15) is 19.4 Å². The summed E-state index contributed by atoms with van der Waals surface area (Å²) in [7, 11) is -3.68. The van der Waals surface area contributed by atoms with E-state index in [-0.39, 0.29) is 23.9 Å². The highest BCUT2D eigenvalue weighted by molar-refractivity contribution is 9.10. The minimum Gasteiger partial charge on any atom is -0.355 e. The second-order valence-corrected chi connectivity index (χ2v) is 7.12. The predicted octanol–water partition coefficient (Wildman–Crippen LogP) is 1.90. The second kappa shape index (κ2) is 7.19. The SMILES string of the molecule is CCNC(=O)CN(CC)S(=O)(=O)c1cc(Br)ccc1C. The molecule has 0 aliphatic carbocycles. The summed E-state index contributed by atoms with van der Waals surface area (Å²) in [6.45, 7) is 5.79. The molecule has 0 saturated carbocycles. The number of amides is 1. The van der Waals surface area contributed by atoms with E-state index in [9.17, 15) is 13.2 Å². The predicted molar refractivity (Wildman–Crippen MR) is 82.0 cm³/mol. The summed E-state index contributed by atoms with van der Waals surface area (Å²) >= 11 is 3.27. The lowest BCUT2D eigenvalue weighted by Crippen LogP contribution is -2.40. The molecule has 0 aromatic heterocycles. The van der Waals surface area contributed by atoms with Crippen molar-refractivity contribution in [2.24, 2.45) is 0 Å². The molecule has 1 N–H and O–H groups in total. The molecule has 0 fully saturated rings. The molecule has 0 radical (unpaired) electrons. The van der Waals surface area contributed by atoms with Gasteiger partial charge in [-0.2, -0.15) is 4.31 Å². The van der Waals surface area contributed by atoms with Gasteiger partial charge >= 0.3 is 0 Å². The first-order valence-corrected chi connectivity index (χ1v) is 8.59. The largest absolute Gasteiger partial charge is 0.355 e. The number of carbonyl (C=O) groups is 1. The lowest BCUT2D eigenvalue weighted by molar-refractivity contribution is -0.121. The Morgan fingerprint density at radius 1 is 1.35 bits per heavy atom. The van der Waals surface area contributed by atoms with Crippen LogP contribution in [0.25, 0.3) is 0 Å². The molecule has 0 spiro atoms. The van der Waals surface area contributed by atoms with Crippen molar-refractivity contribution in [1.29, 1.82) is 0 Å². The van der Waals surface area contributed by atoms with Crippen LogP contribution in [-0.4, -0.2) is 38.3 Å². The van der Waals surface area contributed by atoms with Gasteiger partial charge in [-0.1, -0.05) is 28.9 Å². The molecule has 0 bridgehead atoms. The van der Waals surface area contributed by atoms with Gasteiger partial charge in [-0.05, 0) is 31.5 Å². The van der Waals surface area contributed by atoms with E-state index in [1.807, 2.05) is 0 Å². The van der Waals surface area contributed by atoms with Crippen molar-refractivity contribution < 1.29 is 13.2 Å². The van der Waals surface area contributed by atoms with Gasteiger partial charge in [0.2, 0.25) is 15.9 Å². The topological polar surface area (TPSA) is 66.5 Å². The Kier molecular flexibility index (Phi) is 6.16. The fourth-order valence-corrected chi connectivity index (χ4v) is 3.94. The standard InChI is InChI=1S/C13H19BrN2O3S/c1-4-15-13(17)9-16(5-2)20(18,19)12-8-11(14)7-6-10(12)3/h6-8H,4-5,9H2,1-3H3,(H,15,17). The summed E-state index contributed by atoms with van der Waals surface area (Å²) in [6, 6.07) is 5.08. The van der Waals surface area contributed by atoms with Gasteiger partial charge in [0.25, 0.3) is 0 Å². The summed E-state index contributed by atoms with van der Waals surface area (Å²) in [4.78, 5) is 11.8. The summed E-state index contributed by atoms with van der Waals surface area (Å²) in [5, 5.41) is 2.61. The molecule has 0 atom stereocenters. The highest BCUT2D eigenvalue weighted by Gasteiger charge is 2.26. The van der Waals surface area contributed by atoms with Gasteiger partial charge < -0.3 is 5.32 Å². The summed E-state index contributed by atoms with van der Waals surface area (Å²) in [5.74, 6) is -0.300. The quantitative estimate of drug-likeness (QED) is 0.840. The number of sulfonamides is 1. The Hall–Kier alpha value is -0.920. The number of benzene rings is 1. The van der Waals surface area contributed by atoms with Crippen molar-refractivity contribution in [2.45, 2.75) is 25.7 Å². The van der Waals surface area contributed by atoms with E-state index in [0.29, 0.717) is 16.6 Å². The van der Waals surface area contributed by atoms with Gasteiger partial charge in [0.15, 0.2) is 0 Å². The Labute approximate surface area is 128 Å². The van der Waals surface area contributed by atoms with E-state index in [1.165, 1.54) is 4.31 Å². The molecule has 7 heteroatoms. The summed E-state index contributed by atoms with van der Waals surface area (Å²) in [6.07, 6.45) is 0. The van der Waals surface area contributed by atoms with Crippen LogP contribution < -0.4 is 5.32 Å². The molecule has 0 heterocycles. The number of rotatable bonds is 6. The molecular formula is C13H19BrN2O3S. The molecule has 5 nitrogen and oxygen atoms in total. The maximum Gasteiger partial charge on any atom is 0.243 e. The molecule has 0 aliphatic rings. The van der Waals surface area contributed by atoms with Crippen molar-refractivity contribution in [1.82, 2.24) is 9.62 Å². The van der Waals surface area contributed by atoms with E-state index >= 15 is 0 Å². The number of nitrogens with zero attached hydrogens (tertiary/aromatic N) is 1. The van der Waals surface area contributed by atoms with Crippen molar-refractivity contribution >= 4 is 31.9 Å². The van der Waals surface area contributed by atoms with Crippen molar-refractivity contribution in [3.8, 4) is 0 Å². The second-order valence-electron chi connectivity index (χ2n) is 4.29. The zero-order chi connectivity index (χ0) is 15.3. The van der Waals surface area contributed by atoms with Crippen LogP contribution in [0.5, 0.6) is 0 Å². The monoisotopic (exact) mass is 362 g/mol. The first-order chi connectivity index (χ1) is 9.32. The third-order valence-corrected chi connectivity index (χ3v) is 5.37. The Bertz CT molecular complexity index is 587. The van der Waals surface area contributed by atoms with Crippen molar-refractivity contribution in [2.75, 3.05) is 19.6 Å². The molecule has 1 rings (SSSR count). The van der Waals surface area contributed by atoms with Crippen LogP contribution >= 0.6 is 15.9 Å². The Morgan fingerprint density at radius 2 is 2.00 bits per heavy atom. The van der Waals surface area contributed by atoms with Crippen LogP contribution in [0.2, 0.25) is 0 Å². The molecule has 112 valence electrons. The number of carbonyl (C=O) groups excluding carboxylic acids is 1. The first kappa shape index (κ1) is 17.1. The third kappa shape index (κ3) is 4.04. The molecule has 20 heavy (non-hydrogen) atoms. The van der Waals surface area contributed by atoms with Gasteiger partial charge in [0.1, 0.15) is 0 Å². The van der Waals surface area contributed by atoms with Crippen molar-refractivity contribution in [3.05, 3.63) is 28.2 Å². The lowest BCUT2D eigenvalue weighted by atomic mass is 10.2. The van der Waals surface area contributed by atoms with Crippen LogP contribution in [0, 0.1) is 6.92 Å². The maximum atomic E-state index is 12.6.